The van der Waals surface area contributed by atoms with Crippen LogP contribution in [0.25, 0.3) is 0 Å². The molecule has 1 fully saturated rings. The second-order valence-electron chi connectivity index (χ2n) is 6.29. The number of aromatic nitrogens is 3. The third kappa shape index (κ3) is 4.75. The summed E-state index contributed by atoms with van der Waals surface area (Å²) >= 11 is 1.42. The minimum atomic E-state index is -0.219. The van der Waals surface area contributed by atoms with E-state index in [1.807, 2.05) is 49.6 Å². The van der Waals surface area contributed by atoms with Crippen molar-refractivity contribution in [1.82, 2.24) is 20.1 Å². The Hall–Kier alpha value is -2.02. The number of amides is 1. The predicted molar refractivity (Wildman–Crippen MR) is 97.8 cm³/mol. The summed E-state index contributed by atoms with van der Waals surface area (Å²) in [4.78, 5) is 11.9. The lowest BCUT2D eigenvalue weighted by molar-refractivity contribution is -0.118. The van der Waals surface area contributed by atoms with E-state index in [-0.39, 0.29) is 12.0 Å². The second-order valence-corrected chi connectivity index (χ2v) is 7.23. The van der Waals surface area contributed by atoms with Crippen LogP contribution < -0.4 is 10.1 Å². The fourth-order valence-corrected chi connectivity index (χ4v) is 3.40. The zero-order chi connectivity index (χ0) is 17.8. The number of nitrogens with one attached hydrogen (secondary N) is 1. The quantitative estimate of drug-likeness (QED) is 0.733. The van der Waals surface area contributed by atoms with E-state index >= 15 is 0 Å². The highest BCUT2D eigenvalue weighted by atomic mass is 32.2. The Morgan fingerprint density at radius 2 is 2.24 bits per heavy atom. The normalized spacial score (nSPS) is 15.0. The summed E-state index contributed by atoms with van der Waals surface area (Å²) in [6.45, 7) is 6.78. The monoisotopic (exact) mass is 360 g/mol. The molecule has 1 saturated carbocycles. The van der Waals surface area contributed by atoms with Crippen LogP contribution in [0.15, 0.2) is 29.4 Å². The van der Waals surface area contributed by atoms with Gasteiger partial charge in [0.05, 0.1) is 5.75 Å². The molecule has 1 aliphatic rings. The zero-order valence-electron chi connectivity index (χ0n) is 14.9. The first-order valence-corrected chi connectivity index (χ1v) is 9.64. The molecule has 1 unspecified atom stereocenters. The van der Waals surface area contributed by atoms with Gasteiger partial charge in [-0.25, -0.2) is 0 Å². The number of hydrogen-bond acceptors (Lipinski definition) is 5. The number of rotatable bonds is 8. The molecule has 0 spiro atoms. The molecule has 0 radical (unpaired) electrons. The van der Waals surface area contributed by atoms with Crippen LogP contribution in [-0.2, 0) is 11.3 Å². The summed E-state index contributed by atoms with van der Waals surface area (Å²) < 4.78 is 8.02. The van der Waals surface area contributed by atoms with Crippen LogP contribution in [0.2, 0.25) is 0 Å². The largest absolute Gasteiger partial charge is 0.483 e. The van der Waals surface area contributed by atoms with Crippen LogP contribution in [0.3, 0.4) is 0 Å². The van der Waals surface area contributed by atoms with Gasteiger partial charge in [0.2, 0.25) is 5.91 Å². The molecule has 7 heteroatoms. The maximum atomic E-state index is 11.9. The number of thioether (sulfide) groups is 1. The first-order valence-electron chi connectivity index (χ1n) is 8.65. The Morgan fingerprint density at radius 1 is 1.44 bits per heavy atom. The van der Waals surface area contributed by atoms with E-state index in [1.165, 1.54) is 11.8 Å². The van der Waals surface area contributed by atoms with Crippen LogP contribution in [0, 0.1) is 6.92 Å². The zero-order valence-corrected chi connectivity index (χ0v) is 15.7. The Balaban J connectivity index is 1.64. The summed E-state index contributed by atoms with van der Waals surface area (Å²) in [5, 5.41) is 12.3. The number of carbonyl (C=O) groups excluding carboxylic acids is 1. The summed E-state index contributed by atoms with van der Waals surface area (Å²) in [5.41, 5.74) is 1.15. The summed E-state index contributed by atoms with van der Waals surface area (Å²) in [6, 6.07) is 8.33. The Morgan fingerprint density at radius 3 is 2.92 bits per heavy atom. The van der Waals surface area contributed by atoms with Gasteiger partial charge in [-0.2, -0.15) is 0 Å². The summed E-state index contributed by atoms with van der Waals surface area (Å²) in [7, 11) is 0. The van der Waals surface area contributed by atoms with Gasteiger partial charge in [0, 0.05) is 12.6 Å². The fraction of sp³-hybridized carbons (Fsp3) is 0.500. The molecule has 0 aliphatic heterocycles. The fourth-order valence-electron chi connectivity index (χ4n) is 2.58. The van der Waals surface area contributed by atoms with E-state index in [4.69, 9.17) is 4.74 Å². The highest BCUT2D eigenvalue weighted by Gasteiger charge is 2.24. The molecule has 0 saturated heterocycles. The lowest BCUT2D eigenvalue weighted by Crippen LogP contribution is -2.27. The van der Waals surface area contributed by atoms with E-state index in [0.29, 0.717) is 11.8 Å². The third-order valence-electron chi connectivity index (χ3n) is 4.00. The first kappa shape index (κ1) is 17.8. The number of nitrogens with zero attached hydrogens (tertiary/aromatic N) is 3. The molecule has 1 aliphatic carbocycles. The van der Waals surface area contributed by atoms with Crippen molar-refractivity contribution in [2.45, 2.75) is 57.5 Å². The van der Waals surface area contributed by atoms with Gasteiger partial charge >= 0.3 is 0 Å². The molecule has 1 heterocycles. The van der Waals surface area contributed by atoms with Crippen LogP contribution in [-0.4, -0.2) is 32.5 Å². The molecule has 25 heavy (non-hydrogen) atoms. The van der Waals surface area contributed by atoms with Gasteiger partial charge in [-0.1, -0.05) is 23.9 Å². The Kier molecular flexibility index (Phi) is 5.63. The van der Waals surface area contributed by atoms with E-state index in [1.54, 1.807) is 0 Å². The molecule has 1 N–H and O–H groups in total. The van der Waals surface area contributed by atoms with E-state index < -0.39 is 0 Å². The molecular weight excluding hydrogens is 336 g/mol. The van der Waals surface area contributed by atoms with Gasteiger partial charge in [0.1, 0.15) is 5.75 Å². The Bertz CT molecular complexity index is 742. The van der Waals surface area contributed by atoms with Gasteiger partial charge in [0.25, 0.3) is 0 Å². The van der Waals surface area contributed by atoms with Crippen molar-refractivity contribution in [3.05, 3.63) is 35.7 Å². The van der Waals surface area contributed by atoms with Gasteiger partial charge in [-0.3, -0.25) is 4.79 Å². The van der Waals surface area contributed by atoms with E-state index in [0.717, 1.165) is 41.7 Å². The number of benzene rings is 1. The number of hydrogen-bond donors (Lipinski definition) is 1. The number of aryl methyl sites for hydroxylation is 1. The van der Waals surface area contributed by atoms with Gasteiger partial charge < -0.3 is 14.6 Å². The van der Waals surface area contributed by atoms with Crippen molar-refractivity contribution in [2.24, 2.45) is 0 Å². The van der Waals surface area contributed by atoms with Crippen molar-refractivity contribution in [3.63, 3.8) is 0 Å². The molecule has 1 atom stereocenters. The van der Waals surface area contributed by atoms with E-state index in [9.17, 15) is 4.79 Å². The molecule has 1 aromatic carbocycles. The standard InChI is InChI=1S/C18H24N4O2S/c1-4-22-17(13(3)24-15-7-5-6-12(2)10-15)20-21-18(22)25-11-16(23)19-14-8-9-14/h5-7,10,13-14H,4,8-9,11H2,1-3H3,(H,19,23). The molecule has 134 valence electrons. The first-order chi connectivity index (χ1) is 12.1. The molecule has 3 rings (SSSR count). The topological polar surface area (TPSA) is 69.0 Å². The smallest absolute Gasteiger partial charge is 0.230 e. The van der Waals surface area contributed by atoms with Crippen molar-refractivity contribution >= 4 is 17.7 Å². The van der Waals surface area contributed by atoms with Gasteiger partial charge in [0.15, 0.2) is 17.1 Å². The highest BCUT2D eigenvalue weighted by Crippen LogP contribution is 2.25. The van der Waals surface area contributed by atoms with Crippen molar-refractivity contribution in [1.29, 1.82) is 0 Å². The van der Waals surface area contributed by atoms with E-state index in [2.05, 4.69) is 15.5 Å². The SMILES string of the molecule is CCn1c(SCC(=O)NC2CC2)nnc1C(C)Oc1cccc(C)c1. The maximum absolute atomic E-state index is 11.9. The van der Waals surface area contributed by atoms with Gasteiger partial charge in [-0.05, 0) is 51.3 Å². The molecular formula is C18H24N4O2S. The number of carbonyl (C=O) groups is 1. The van der Waals surface area contributed by atoms with Crippen LogP contribution in [0.4, 0.5) is 0 Å². The molecule has 0 bridgehead atoms. The van der Waals surface area contributed by atoms with Gasteiger partial charge in [-0.15, -0.1) is 10.2 Å². The van der Waals surface area contributed by atoms with Crippen molar-refractivity contribution < 1.29 is 9.53 Å². The minimum Gasteiger partial charge on any atom is -0.483 e. The highest BCUT2D eigenvalue weighted by molar-refractivity contribution is 7.99. The molecule has 1 aromatic heterocycles. The lowest BCUT2D eigenvalue weighted by atomic mass is 10.2. The molecule has 1 amide bonds. The summed E-state index contributed by atoms with van der Waals surface area (Å²) in [6.07, 6.45) is 1.97. The average molecular weight is 360 g/mol. The summed E-state index contributed by atoms with van der Waals surface area (Å²) in [5.74, 6) is 2.01. The van der Waals surface area contributed by atoms with Crippen LogP contribution >= 0.6 is 11.8 Å². The van der Waals surface area contributed by atoms with Crippen LogP contribution in [0.5, 0.6) is 5.75 Å². The minimum absolute atomic E-state index is 0.0590. The van der Waals surface area contributed by atoms with Crippen molar-refractivity contribution in [2.75, 3.05) is 5.75 Å². The van der Waals surface area contributed by atoms with Crippen LogP contribution in [0.1, 0.15) is 44.2 Å². The third-order valence-corrected chi connectivity index (χ3v) is 4.97. The second kappa shape index (κ2) is 7.91. The predicted octanol–water partition coefficient (Wildman–Crippen LogP) is 3.12. The average Bonchev–Trinajstić information content (AvgIpc) is 3.29. The lowest BCUT2D eigenvalue weighted by Gasteiger charge is -2.16. The molecule has 2 aromatic rings. The molecule has 6 nitrogen and oxygen atoms in total. The van der Waals surface area contributed by atoms with Crippen molar-refractivity contribution in [3.8, 4) is 5.75 Å². The Labute approximate surface area is 152 Å². The number of ether oxygens (including phenoxy) is 1. The maximum Gasteiger partial charge on any atom is 0.230 e.